The highest BCUT2D eigenvalue weighted by Gasteiger charge is 2.16. The van der Waals surface area contributed by atoms with Gasteiger partial charge in [0, 0.05) is 37.6 Å². The van der Waals surface area contributed by atoms with Gasteiger partial charge in [0.2, 0.25) is 0 Å². The van der Waals surface area contributed by atoms with Gasteiger partial charge in [-0.15, -0.1) is 11.8 Å². The summed E-state index contributed by atoms with van der Waals surface area (Å²) in [6.07, 6.45) is 1.64. The molecule has 0 amide bonds. The topological polar surface area (TPSA) is 35.5 Å². The average molecular weight is 308 g/mol. The van der Waals surface area contributed by atoms with Crippen LogP contribution in [0, 0.1) is 6.92 Å². The molecule has 1 aromatic carbocycles. The SMILES string of the molecule is CCCSc1ccc(C)cc1C(O)CCN1CCNCC1. The fourth-order valence-corrected chi connectivity index (χ4v) is 3.62. The highest BCUT2D eigenvalue weighted by molar-refractivity contribution is 7.99. The molecule has 0 bridgehead atoms. The maximum absolute atomic E-state index is 10.6. The molecule has 2 N–H and O–H groups in total. The van der Waals surface area contributed by atoms with E-state index in [1.54, 1.807) is 0 Å². The predicted molar refractivity (Wildman–Crippen MR) is 91.1 cm³/mol. The molecule has 1 fully saturated rings. The van der Waals surface area contributed by atoms with Crippen LogP contribution in [0.4, 0.5) is 0 Å². The molecule has 1 atom stereocenters. The molecule has 0 spiro atoms. The van der Waals surface area contributed by atoms with E-state index in [9.17, 15) is 5.11 Å². The van der Waals surface area contributed by atoms with E-state index in [4.69, 9.17) is 0 Å². The monoisotopic (exact) mass is 308 g/mol. The van der Waals surface area contributed by atoms with Gasteiger partial charge in [0.15, 0.2) is 0 Å². The van der Waals surface area contributed by atoms with Crippen molar-refractivity contribution < 1.29 is 5.11 Å². The molecule has 1 saturated heterocycles. The minimum atomic E-state index is -0.348. The van der Waals surface area contributed by atoms with Crippen molar-refractivity contribution in [3.63, 3.8) is 0 Å². The molecule has 1 aliphatic rings. The molecule has 1 heterocycles. The first-order chi connectivity index (χ1) is 10.2. The number of benzene rings is 1. The summed E-state index contributed by atoms with van der Waals surface area (Å²) in [5, 5.41) is 14.0. The van der Waals surface area contributed by atoms with Crippen LogP contribution in [0.1, 0.15) is 37.0 Å². The van der Waals surface area contributed by atoms with Crippen molar-refractivity contribution in [1.82, 2.24) is 10.2 Å². The molecule has 2 rings (SSSR count). The summed E-state index contributed by atoms with van der Waals surface area (Å²) in [5.41, 5.74) is 2.34. The van der Waals surface area contributed by atoms with Crippen molar-refractivity contribution in [2.75, 3.05) is 38.5 Å². The fraction of sp³-hybridized carbons (Fsp3) is 0.647. The number of hydrogen-bond acceptors (Lipinski definition) is 4. The van der Waals surface area contributed by atoms with Crippen molar-refractivity contribution >= 4 is 11.8 Å². The van der Waals surface area contributed by atoms with Gasteiger partial charge in [-0.1, -0.05) is 24.6 Å². The largest absolute Gasteiger partial charge is 0.388 e. The molecule has 0 saturated carbocycles. The first-order valence-electron chi connectivity index (χ1n) is 8.05. The molecule has 3 nitrogen and oxygen atoms in total. The van der Waals surface area contributed by atoms with E-state index in [-0.39, 0.29) is 6.10 Å². The first kappa shape index (κ1) is 16.8. The third-order valence-electron chi connectivity index (χ3n) is 3.91. The Morgan fingerprint density at radius 2 is 2.10 bits per heavy atom. The summed E-state index contributed by atoms with van der Waals surface area (Å²) < 4.78 is 0. The van der Waals surface area contributed by atoms with Crippen LogP contribution in [0.15, 0.2) is 23.1 Å². The van der Waals surface area contributed by atoms with Crippen molar-refractivity contribution in [2.45, 2.75) is 37.7 Å². The van der Waals surface area contributed by atoms with Crippen LogP contribution in [0.3, 0.4) is 0 Å². The number of nitrogens with one attached hydrogen (secondary N) is 1. The molecule has 0 aliphatic carbocycles. The van der Waals surface area contributed by atoms with E-state index in [0.29, 0.717) is 0 Å². The third kappa shape index (κ3) is 5.29. The number of aliphatic hydroxyl groups is 1. The van der Waals surface area contributed by atoms with E-state index in [1.807, 2.05) is 11.8 Å². The average Bonchev–Trinajstić information content (AvgIpc) is 2.52. The number of aliphatic hydroxyl groups excluding tert-OH is 1. The van der Waals surface area contributed by atoms with Gasteiger partial charge in [-0.3, -0.25) is 0 Å². The molecule has 4 heteroatoms. The molecule has 21 heavy (non-hydrogen) atoms. The Balaban J connectivity index is 1.95. The van der Waals surface area contributed by atoms with Crippen molar-refractivity contribution in [3.05, 3.63) is 29.3 Å². The zero-order chi connectivity index (χ0) is 15.1. The molecule has 0 radical (unpaired) electrons. The lowest BCUT2D eigenvalue weighted by molar-refractivity contribution is 0.134. The molecular weight excluding hydrogens is 280 g/mol. The Hall–Kier alpha value is -0.550. The van der Waals surface area contributed by atoms with Gasteiger partial charge in [-0.05, 0) is 37.1 Å². The van der Waals surface area contributed by atoms with Gasteiger partial charge in [0.25, 0.3) is 0 Å². The lowest BCUT2D eigenvalue weighted by atomic mass is 10.0. The van der Waals surface area contributed by atoms with E-state index in [2.05, 4.69) is 42.3 Å². The maximum Gasteiger partial charge on any atom is 0.0813 e. The standard InChI is InChI=1S/C17H28N2OS/c1-3-12-21-17-5-4-14(2)13-15(17)16(20)6-9-19-10-7-18-8-11-19/h4-5,13,16,18,20H,3,6-12H2,1-2H3. The highest BCUT2D eigenvalue weighted by Crippen LogP contribution is 2.30. The molecule has 1 aromatic rings. The minimum Gasteiger partial charge on any atom is -0.388 e. The molecule has 118 valence electrons. The number of rotatable bonds is 7. The van der Waals surface area contributed by atoms with Crippen LogP contribution in [0.2, 0.25) is 0 Å². The van der Waals surface area contributed by atoms with Gasteiger partial charge >= 0.3 is 0 Å². The lowest BCUT2D eigenvalue weighted by Gasteiger charge is -2.28. The number of thioether (sulfide) groups is 1. The second kappa shape index (κ2) is 8.79. The van der Waals surface area contributed by atoms with Gasteiger partial charge < -0.3 is 15.3 Å². The van der Waals surface area contributed by atoms with Gasteiger partial charge in [0.05, 0.1) is 6.10 Å². The van der Waals surface area contributed by atoms with Crippen LogP contribution in [-0.4, -0.2) is 48.5 Å². The molecule has 1 unspecified atom stereocenters. The minimum absolute atomic E-state index is 0.348. The maximum atomic E-state index is 10.6. The van der Waals surface area contributed by atoms with E-state index in [1.165, 1.54) is 10.5 Å². The summed E-state index contributed by atoms with van der Waals surface area (Å²) in [4.78, 5) is 3.68. The Kier molecular flexibility index (Phi) is 7.04. The van der Waals surface area contributed by atoms with Crippen LogP contribution >= 0.6 is 11.8 Å². The normalized spacial score (nSPS) is 17.9. The van der Waals surface area contributed by atoms with Crippen LogP contribution < -0.4 is 5.32 Å². The number of aryl methyl sites for hydroxylation is 1. The second-order valence-electron chi connectivity index (χ2n) is 5.79. The summed E-state index contributed by atoms with van der Waals surface area (Å²) in [7, 11) is 0. The smallest absolute Gasteiger partial charge is 0.0813 e. The Morgan fingerprint density at radius 1 is 1.33 bits per heavy atom. The molecule has 0 aromatic heterocycles. The molecule has 1 aliphatic heterocycles. The number of hydrogen-bond donors (Lipinski definition) is 2. The van der Waals surface area contributed by atoms with Gasteiger partial charge in [0.1, 0.15) is 0 Å². The Bertz CT molecular complexity index is 433. The lowest BCUT2D eigenvalue weighted by Crippen LogP contribution is -2.44. The zero-order valence-corrected chi connectivity index (χ0v) is 14.1. The Labute approximate surface area is 133 Å². The highest BCUT2D eigenvalue weighted by atomic mass is 32.2. The number of nitrogens with zero attached hydrogens (tertiary/aromatic N) is 1. The fourth-order valence-electron chi connectivity index (χ4n) is 2.67. The van der Waals surface area contributed by atoms with Crippen LogP contribution in [0.25, 0.3) is 0 Å². The predicted octanol–water partition coefficient (Wildman–Crippen LogP) is 2.83. The van der Waals surface area contributed by atoms with E-state index < -0.39 is 0 Å². The summed E-state index contributed by atoms with van der Waals surface area (Å²) in [6, 6.07) is 6.46. The van der Waals surface area contributed by atoms with Crippen molar-refractivity contribution in [1.29, 1.82) is 0 Å². The van der Waals surface area contributed by atoms with Crippen LogP contribution in [-0.2, 0) is 0 Å². The van der Waals surface area contributed by atoms with Crippen molar-refractivity contribution in [2.24, 2.45) is 0 Å². The first-order valence-corrected chi connectivity index (χ1v) is 9.03. The van der Waals surface area contributed by atoms with Crippen molar-refractivity contribution in [3.8, 4) is 0 Å². The van der Waals surface area contributed by atoms with E-state index >= 15 is 0 Å². The number of piperazine rings is 1. The Morgan fingerprint density at radius 3 is 2.81 bits per heavy atom. The quantitative estimate of drug-likeness (QED) is 0.759. The second-order valence-corrected chi connectivity index (χ2v) is 6.92. The summed E-state index contributed by atoms with van der Waals surface area (Å²) in [6.45, 7) is 9.60. The summed E-state index contributed by atoms with van der Waals surface area (Å²) >= 11 is 1.86. The third-order valence-corrected chi connectivity index (χ3v) is 5.21. The van der Waals surface area contributed by atoms with Gasteiger partial charge in [-0.2, -0.15) is 0 Å². The zero-order valence-electron chi connectivity index (χ0n) is 13.3. The van der Waals surface area contributed by atoms with E-state index in [0.717, 1.165) is 56.9 Å². The molecular formula is C17H28N2OS. The van der Waals surface area contributed by atoms with Crippen LogP contribution in [0.5, 0.6) is 0 Å². The summed E-state index contributed by atoms with van der Waals surface area (Å²) in [5.74, 6) is 1.11. The van der Waals surface area contributed by atoms with Gasteiger partial charge in [-0.25, -0.2) is 0 Å².